The molecule has 0 amide bonds. The van der Waals surface area contributed by atoms with Gasteiger partial charge in [-0.3, -0.25) is 13.6 Å². The van der Waals surface area contributed by atoms with Crippen molar-refractivity contribution < 1.29 is 50.5 Å². The summed E-state index contributed by atoms with van der Waals surface area (Å²) in [6.45, 7) is 9.89. The van der Waals surface area contributed by atoms with Gasteiger partial charge in [0.15, 0.2) is 0 Å². The van der Waals surface area contributed by atoms with Crippen LogP contribution in [0.1, 0.15) is 74.9 Å². The monoisotopic (exact) mass is 772 g/mol. The highest BCUT2D eigenvalue weighted by Crippen LogP contribution is 2.69. The van der Waals surface area contributed by atoms with Crippen LogP contribution in [-0.2, 0) is 65.5 Å². The summed E-state index contributed by atoms with van der Waals surface area (Å²) in [5.41, 5.74) is -5.42. The number of benzene rings is 4. The van der Waals surface area contributed by atoms with Gasteiger partial charge in [0.2, 0.25) is 0 Å². The molecule has 0 radical (unpaired) electrons. The molecule has 54 heavy (non-hydrogen) atoms. The van der Waals surface area contributed by atoms with Gasteiger partial charge < -0.3 is 14.6 Å². The van der Waals surface area contributed by atoms with Crippen LogP contribution in [0.2, 0.25) is 0 Å². The molecule has 12 heteroatoms. The maximum Gasteiger partial charge on any atom is 0.405 e. The Morgan fingerprint density at radius 3 is 1.30 bits per heavy atom. The maximum absolute atomic E-state index is 16.2. The van der Waals surface area contributed by atoms with E-state index in [1.165, 1.54) is 77.9 Å². The van der Waals surface area contributed by atoms with Crippen LogP contribution >= 0.6 is 7.60 Å². The van der Waals surface area contributed by atoms with Crippen molar-refractivity contribution in [1.29, 1.82) is 0 Å². The van der Waals surface area contributed by atoms with Crippen molar-refractivity contribution in [3.05, 3.63) is 143 Å². The molecule has 0 unspecified atom stereocenters. The summed E-state index contributed by atoms with van der Waals surface area (Å²) in [5, 5.41) is 9.05. The standard InChI is InChI=1S/C42H49F4O7P/c1-38(2,3)52-54(49,53-39(4,5)6)42(45,46)36-23-19-32(20-24-36)26-40(29-50-27-33-13-9-7-10-14-33,30-51-28-34-15-11-8-12-16-34)25-31-17-21-35(22-18-31)41(43,44)37(47)48/h7-24H,25-30H2,1-6H3,(H,47,48). The molecule has 0 fully saturated rings. The van der Waals surface area contributed by atoms with Crippen LogP contribution < -0.4 is 0 Å². The number of carbonyl (C=O) groups is 1. The van der Waals surface area contributed by atoms with Crippen molar-refractivity contribution in [3.8, 4) is 0 Å². The number of alkyl halides is 4. The number of rotatable bonds is 18. The Morgan fingerprint density at radius 1 is 0.574 bits per heavy atom. The van der Waals surface area contributed by atoms with E-state index >= 15 is 8.78 Å². The summed E-state index contributed by atoms with van der Waals surface area (Å²) in [5.74, 6) is -6.33. The van der Waals surface area contributed by atoms with Crippen LogP contribution in [0, 0.1) is 5.41 Å². The number of carboxylic acids is 1. The van der Waals surface area contributed by atoms with E-state index in [0.29, 0.717) is 11.1 Å². The second kappa shape index (κ2) is 17.3. The maximum atomic E-state index is 16.2. The van der Waals surface area contributed by atoms with Crippen molar-refractivity contribution in [3.63, 3.8) is 0 Å². The van der Waals surface area contributed by atoms with Gasteiger partial charge in [-0.2, -0.15) is 17.6 Å². The van der Waals surface area contributed by atoms with E-state index < -0.39 is 52.9 Å². The third kappa shape index (κ3) is 11.8. The Balaban J connectivity index is 1.72. The molecule has 7 nitrogen and oxygen atoms in total. The zero-order valence-electron chi connectivity index (χ0n) is 31.5. The zero-order valence-corrected chi connectivity index (χ0v) is 32.4. The molecule has 0 bridgehead atoms. The summed E-state index contributed by atoms with van der Waals surface area (Å²) in [6.07, 6.45) is 0.478. The van der Waals surface area contributed by atoms with E-state index in [-0.39, 0.29) is 39.3 Å². The molecule has 0 aliphatic heterocycles. The summed E-state index contributed by atoms with van der Waals surface area (Å²) in [7, 11) is -5.06. The molecule has 4 rings (SSSR count). The highest BCUT2D eigenvalue weighted by Gasteiger charge is 2.58. The van der Waals surface area contributed by atoms with Crippen LogP contribution in [0.5, 0.6) is 0 Å². The van der Waals surface area contributed by atoms with Gasteiger partial charge in [0, 0.05) is 16.5 Å². The largest absolute Gasteiger partial charge is 0.477 e. The fourth-order valence-electron chi connectivity index (χ4n) is 5.88. The molecule has 1 N–H and O–H groups in total. The van der Waals surface area contributed by atoms with E-state index in [4.69, 9.17) is 23.6 Å². The lowest BCUT2D eigenvalue weighted by atomic mass is 9.77. The van der Waals surface area contributed by atoms with E-state index in [1.807, 2.05) is 60.7 Å². The minimum Gasteiger partial charge on any atom is -0.477 e. The van der Waals surface area contributed by atoms with Gasteiger partial charge in [-0.05, 0) is 76.6 Å². The second-order valence-electron chi connectivity index (χ2n) is 15.5. The molecule has 4 aromatic rings. The van der Waals surface area contributed by atoms with Crippen molar-refractivity contribution >= 4 is 13.6 Å². The Hall–Kier alpha value is -3.86. The minimum atomic E-state index is -5.06. The van der Waals surface area contributed by atoms with Crippen molar-refractivity contribution in [1.82, 2.24) is 0 Å². The van der Waals surface area contributed by atoms with Crippen LogP contribution in [0.15, 0.2) is 109 Å². The van der Waals surface area contributed by atoms with Gasteiger partial charge in [-0.1, -0.05) is 109 Å². The molecule has 4 aromatic carbocycles. The number of hydrogen-bond acceptors (Lipinski definition) is 6. The number of hydrogen-bond donors (Lipinski definition) is 1. The molecule has 0 heterocycles. The van der Waals surface area contributed by atoms with Gasteiger partial charge >= 0.3 is 25.2 Å². The normalized spacial score (nSPS) is 13.2. The molecule has 292 valence electrons. The minimum absolute atomic E-state index is 0.121. The lowest BCUT2D eigenvalue weighted by molar-refractivity contribution is -0.166. The molecule has 0 aliphatic rings. The number of aliphatic carboxylic acids is 1. The summed E-state index contributed by atoms with van der Waals surface area (Å²) in [4.78, 5) is 11.2. The Morgan fingerprint density at radius 2 is 0.944 bits per heavy atom. The predicted molar refractivity (Wildman–Crippen MR) is 200 cm³/mol. The SMILES string of the molecule is CC(C)(C)OP(=O)(OC(C)(C)C)C(F)(F)c1ccc(CC(COCc2ccccc2)(COCc2ccccc2)Cc2ccc(C(F)(F)C(=O)O)cc2)cc1. The first-order chi connectivity index (χ1) is 25.1. The fraction of sp³-hybridized carbons (Fsp3) is 0.405. The first kappa shape index (κ1) is 42.9. The fourth-order valence-corrected chi connectivity index (χ4v) is 8.06. The predicted octanol–water partition coefficient (Wildman–Crippen LogP) is 10.9. The first-order valence-corrected chi connectivity index (χ1v) is 19.1. The molecular weight excluding hydrogens is 723 g/mol. The van der Waals surface area contributed by atoms with Crippen LogP contribution in [0.25, 0.3) is 0 Å². The second-order valence-corrected chi connectivity index (χ2v) is 17.5. The number of halogens is 4. The highest BCUT2D eigenvalue weighted by molar-refractivity contribution is 7.54. The van der Waals surface area contributed by atoms with Crippen molar-refractivity contribution in [2.24, 2.45) is 5.41 Å². The average molecular weight is 773 g/mol. The third-order valence-corrected chi connectivity index (χ3v) is 10.7. The van der Waals surface area contributed by atoms with E-state index in [2.05, 4.69) is 0 Å². The van der Waals surface area contributed by atoms with Gasteiger partial charge in [0.25, 0.3) is 0 Å². The molecular formula is C42H49F4O7P. The average Bonchev–Trinajstić information content (AvgIpc) is 3.08. The van der Waals surface area contributed by atoms with Crippen molar-refractivity contribution in [2.75, 3.05) is 13.2 Å². The molecule has 0 saturated carbocycles. The topological polar surface area (TPSA) is 91.3 Å². The summed E-state index contributed by atoms with van der Waals surface area (Å²) < 4.78 is 98.4. The first-order valence-electron chi connectivity index (χ1n) is 17.6. The van der Waals surface area contributed by atoms with Crippen LogP contribution in [-0.4, -0.2) is 35.5 Å². The Bertz CT molecular complexity index is 1770. The smallest absolute Gasteiger partial charge is 0.405 e. The Labute approximate surface area is 315 Å². The van der Waals surface area contributed by atoms with Crippen molar-refractivity contribution in [2.45, 2.75) is 90.4 Å². The number of carboxylic acid groups (broad SMARTS) is 1. The molecule has 0 atom stereocenters. The molecule has 0 aliphatic carbocycles. The van der Waals surface area contributed by atoms with E-state index in [0.717, 1.165) is 23.3 Å². The van der Waals surface area contributed by atoms with Gasteiger partial charge in [0.05, 0.1) is 37.6 Å². The lowest BCUT2D eigenvalue weighted by Gasteiger charge is -2.36. The highest BCUT2D eigenvalue weighted by atomic mass is 31.2. The van der Waals surface area contributed by atoms with Gasteiger partial charge in [-0.25, -0.2) is 4.79 Å². The molecule has 0 aromatic heterocycles. The van der Waals surface area contributed by atoms with E-state index in [1.54, 1.807) is 0 Å². The quantitative estimate of drug-likeness (QED) is 0.0795. The zero-order chi connectivity index (χ0) is 39.8. The number of ether oxygens (including phenoxy) is 2. The summed E-state index contributed by atoms with van der Waals surface area (Å²) in [6, 6.07) is 29.5. The lowest BCUT2D eigenvalue weighted by Crippen LogP contribution is -2.37. The van der Waals surface area contributed by atoms with Crippen LogP contribution in [0.4, 0.5) is 17.6 Å². The molecule has 0 spiro atoms. The Kier molecular flexibility index (Phi) is 13.7. The van der Waals surface area contributed by atoms with Gasteiger partial charge in [0.1, 0.15) is 0 Å². The molecule has 0 saturated heterocycles. The van der Waals surface area contributed by atoms with Crippen LogP contribution in [0.3, 0.4) is 0 Å². The third-order valence-electron chi connectivity index (χ3n) is 8.22. The van der Waals surface area contributed by atoms with Gasteiger partial charge in [-0.15, -0.1) is 0 Å². The van der Waals surface area contributed by atoms with E-state index in [9.17, 15) is 18.1 Å². The summed E-state index contributed by atoms with van der Waals surface area (Å²) >= 11 is 0.